The minimum Gasteiger partial charge on any atom is -0.483 e. The minimum atomic E-state index is -0.645. The monoisotopic (exact) mass is 219 g/mol. The van der Waals surface area contributed by atoms with Crippen LogP contribution < -0.4 is 4.74 Å². The van der Waals surface area contributed by atoms with Gasteiger partial charge < -0.3 is 4.74 Å². The van der Waals surface area contributed by atoms with Gasteiger partial charge >= 0.3 is 0 Å². The lowest BCUT2D eigenvalue weighted by Gasteiger charge is -2.12. The van der Waals surface area contributed by atoms with E-state index in [4.69, 9.17) is 4.74 Å². The molecule has 0 radical (unpaired) electrons. The standard InChI is InChI=1S/C11H9NO4/c1-7(13)12-10(14)6-16-9-5-3-2-4-8(9)11(12)15/h2-5H,6H2,1H3. The Balaban J connectivity index is 2.52. The van der Waals surface area contributed by atoms with Crippen LogP contribution in [0.25, 0.3) is 0 Å². The predicted octanol–water partition coefficient (Wildman–Crippen LogP) is 0.594. The number of benzene rings is 1. The lowest BCUT2D eigenvalue weighted by Crippen LogP contribution is -2.41. The second-order valence-electron chi connectivity index (χ2n) is 3.34. The summed E-state index contributed by atoms with van der Waals surface area (Å²) >= 11 is 0. The Hall–Kier alpha value is -2.17. The summed E-state index contributed by atoms with van der Waals surface area (Å²) in [4.78, 5) is 35.2. The molecule has 0 spiro atoms. The van der Waals surface area contributed by atoms with Gasteiger partial charge in [-0.2, -0.15) is 0 Å². The summed E-state index contributed by atoms with van der Waals surface area (Å²) in [6.07, 6.45) is 0. The van der Waals surface area contributed by atoms with Crippen molar-refractivity contribution >= 4 is 17.7 Å². The number of imide groups is 3. The highest BCUT2D eigenvalue weighted by molar-refractivity contribution is 6.17. The Morgan fingerprint density at radius 3 is 2.69 bits per heavy atom. The summed E-state index contributed by atoms with van der Waals surface area (Å²) in [6.45, 7) is 0.867. The average molecular weight is 219 g/mol. The highest BCUT2D eigenvalue weighted by Gasteiger charge is 2.32. The maximum absolute atomic E-state index is 11.9. The Morgan fingerprint density at radius 1 is 1.31 bits per heavy atom. The molecular formula is C11H9NO4. The quantitative estimate of drug-likeness (QED) is 0.599. The number of hydrogen-bond donors (Lipinski definition) is 0. The highest BCUT2D eigenvalue weighted by Crippen LogP contribution is 2.22. The van der Waals surface area contributed by atoms with E-state index in [1.807, 2.05) is 0 Å². The van der Waals surface area contributed by atoms with Crippen molar-refractivity contribution in [1.82, 2.24) is 4.90 Å². The van der Waals surface area contributed by atoms with Crippen LogP contribution in [-0.2, 0) is 9.59 Å². The van der Waals surface area contributed by atoms with Crippen LogP contribution in [0.3, 0.4) is 0 Å². The summed E-state index contributed by atoms with van der Waals surface area (Å²) in [5.41, 5.74) is 0.226. The van der Waals surface area contributed by atoms with Crippen molar-refractivity contribution in [3.05, 3.63) is 29.8 Å². The fourth-order valence-corrected chi connectivity index (χ4v) is 1.53. The normalized spacial score (nSPS) is 15.2. The van der Waals surface area contributed by atoms with Crippen molar-refractivity contribution in [3.63, 3.8) is 0 Å². The largest absolute Gasteiger partial charge is 0.483 e. The Labute approximate surface area is 91.6 Å². The van der Waals surface area contributed by atoms with Gasteiger partial charge in [0.15, 0.2) is 6.61 Å². The molecule has 2 rings (SSSR count). The SMILES string of the molecule is CC(=O)N1C(=O)COc2ccccc2C1=O. The number of nitrogens with zero attached hydrogens (tertiary/aromatic N) is 1. The molecule has 3 amide bonds. The van der Waals surface area contributed by atoms with Gasteiger partial charge in [-0.25, -0.2) is 4.90 Å². The summed E-state index contributed by atoms with van der Waals surface area (Å²) < 4.78 is 5.15. The highest BCUT2D eigenvalue weighted by atomic mass is 16.5. The van der Waals surface area contributed by atoms with Gasteiger partial charge in [-0.15, -0.1) is 0 Å². The molecule has 16 heavy (non-hydrogen) atoms. The van der Waals surface area contributed by atoms with Gasteiger partial charge in [-0.05, 0) is 12.1 Å². The fraction of sp³-hybridized carbons (Fsp3) is 0.182. The fourth-order valence-electron chi connectivity index (χ4n) is 1.53. The van der Waals surface area contributed by atoms with Gasteiger partial charge in [-0.1, -0.05) is 12.1 Å². The lowest BCUT2D eigenvalue weighted by molar-refractivity contribution is -0.140. The number of carbonyl (C=O) groups excluding carboxylic acids is 3. The molecule has 0 atom stereocenters. The van der Waals surface area contributed by atoms with Crippen molar-refractivity contribution in [2.75, 3.05) is 6.61 Å². The number of ether oxygens (including phenoxy) is 1. The number of carbonyl (C=O) groups is 3. The molecule has 0 fully saturated rings. The average Bonchev–Trinajstić information content (AvgIpc) is 2.37. The molecule has 1 aliphatic rings. The topological polar surface area (TPSA) is 63.7 Å². The van der Waals surface area contributed by atoms with E-state index in [9.17, 15) is 14.4 Å². The third-order valence-corrected chi connectivity index (χ3v) is 2.24. The predicted molar refractivity (Wildman–Crippen MR) is 53.8 cm³/mol. The molecule has 0 unspecified atom stereocenters. The number of hydrogen-bond acceptors (Lipinski definition) is 4. The van der Waals surface area contributed by atoms with E-state index >= 15 is 0 Å². The molecule has 0 aliphatic carbocycles. The van der Waals surface area contributed by atoms with Crippen LogP contribution in [0.2, 0.25) is 0 Å². The number of para-hydroxylation sites is 1. The van der Waals surface area contributed by atoms with Crippen LogP contribution in [0.4, 0.5) is 0 Å². The molecule has 5 nitrogen and oxygen atoms in total. The molecule has 82 valence electrons. The molecular weight excluding hydrogens is 210 g/mol. The second-order valence-corrected chi connectivity index (χ2v) is 3.34. The van der Waals surface area contributed by atoms with Crippen LogP contribution in [0, 0.1) is 0 Å². The summed E-state index contributed by atoms with van der Waals surface area (Å²) in [5, 5.41) is 0. The zero-order valence-electron chi connectivity index (χ0n) is 8.60. The van der Waals surface area contributed by atoms with Crippen molar-refractivity contribution in [2.45, 2.75) is 6.92 Å². The van der Waals surface area contributed by atoms with Gasteiger partial charge in [0.05, 0.1) is 5.56 Å². The van der Waals surface area contributed by atoms with Crippen LogP contribution in [0.5, 0.6) is 5.75 Å². The molecule has 0 bridgehead atoms. The Morgan fingerprint density at radius 2 is 2.00 bits per heavy atom. The van der Waals surface area contributed by atoms with Gasteiger partial charge in [-0.3, -0.25) is 14.4 Å². The molecule has 1 heterocycles. The first-order valence-electron chi connectivity index (χ1n) is 4.71. The summed E-state index contributed by atoms with van der Waals surface area (Å²) in [5.74, 6) is -1.56. The Kier molecular flexibility index (Phi) is 2.44. The van der Waals surface area contributed by atoms with Gasteiger partial charge in [0.1, 0.15) is 5.75 Å². The number of fused-ring (bicyclic) bond motifs is 1. The zero-order valence-corrected chi connectivity index (χ0v) is 8.60. The van der Waals surface area contributed by atoms with Crippen LogP contribution in [-0.4, -0.2) is 29.2 Å². The first-order chi connectivity index (χ1) is 7.61. The van der Waals surface area contributed by atoms with Crippen LogP contribution in [0.15, 0.2) is 24.3 Å². The maximum Gasteiger partial charge on any atom is 0.274 e. The number of amides is 3. The molecule has 0 saturated heterocycles. The van der Waals surface area contributed by atoms with E-state index in [-0.39, 0.29) is 12.2 Å². The van der Waals surface area contributed by atoms with E-state index < -0.39 is 17.7 Å². The van der Waals surface area contributed by atoms with Gasteiger partial charge in [0.25, 0.3) is 11.8 Å². The molecule has 0 N–H and O–H groups in total. The summed E-state index contributed by atoms with van der Waals surface area (Å²) in [7, 11) is 0. The van der Waals surface area contributed by atoms with E-state index in [0.717, 1.165) is 0 Å². The molecule has 1 aromatic carbocycles. The van der Waals surface area contributed by atoms with E-state index in [1.54, 1.807) is 18.2 Å². The van der Waals surface area contributed by atoms with Gasteiger partial charge in [0.2, 0.25) is 5.91 Å². The first-order valence-corrected chi connectivity index (χ1v) is 4.71. The Bertz CT molecular complexity index is 481. The lowest BCUT2D eigenvalue weighted by atomic mass is 10.2. The molecule has 0 saturated carbocycles. The van der Waals surface area contributed by atoms with Crippen molar-refractivity contribution in [1.29, 1.82) is 0 Å². The molecule has 5 heteroatoms. The molecule has 1 aromatic rings. The number of rotatable bonds is 0. The van der Waals surface area contributed by atoms with Gasteiger partial charge in [0, 0.05) is 6.92 Å². The van der Waals surface area contributed by atoms with E-state index in [0.29, 0.717) is 10.6 Å². The van der Waals surface area contributed by atoms with E-state index in [2.05, 4.69) is 0 Å². The van der Waals surface area contributed by atoms with Crippen molar-refractivity contribution in [3.8, 4) is 5.75 Å². The first kappa shape index (κ1) is 10.4. The van der Waals surface area contributed by atoms with Crippen LogP contribution in [0.1, 0.15) is 17.3 Å². The third kappa shape index (κ3) is 1.56. The molecule has 1 aliphatic heterocycles. The van der Waals surface area contributed by atoms with E-state index in [1.165, 1.54) is 13.0 Å². The van der Waals surface area contributed by atoms with Crippen LogP contribution >= 0.6 is 0 Å². The van der Waals surface area contributed by atoms with Crippen molar-refractivity contribution in [2.24, 2.45) is 0 Å². The van der Waals surface area contributed by atoms with Crippen molar-refractivity contribution < 1.29 is 19.1 Å². The summed E-state index contributed by atoms with van der Waals surface area (Å²) in [6, 6.07) is 6.45. The smallest absolute Gasteiger partial charge is 0.274 e. The third-order valence-electron chi connectivity index (χ3n) is 2.24. The zero-order chi connectivity index (χ0) is 11.7. The molecule has 0 aromatic heterocycles. The maximum atomic E-state index is 11.9. The minimum absolute atomic E-state index is 0.226. The second kappa shape index (κ2) is 3.77.